The summed E-state index contributed by atoms with van der Waals surface area (Å²) in [6, 6.07) is 21.7. The number of fused-ring (bicyclic) bond motifs is 4. The van der Waals surface area contributed by atoms with E-state index < -0.39 is 6.04 Å². The van der Waals surface area contributed by atoms with E-state index in [2.05, 4.69) is 10.6 Å². The third-order valence-corrected chi connectivity index (χ3v) is 6.95. The highest BCUT2D eigenvalue weighted by molar-refractivity contribution is 5.97. The molecular weight excluding hydrogens is 440 g/mol. The molecule has 3 aromatic rings. The van der Waals surface area contributed by atoms with Crippen molar-refractivity contribution in [3.05, 3.63) is 100.0 Å². The fraction of sp³-hybridized carbons (Fsp3) is 0.321. The molecule has 1 aromatic heterocycles. The van der Waals surface area contributed by atoms with Crippen molar-refractivity contribution < 1.29 is 9.59 Å². The number of carbonyl (C=O) groups is 2. The van der Waals surface area contributed by atoms with Gasteiger partial charge >= 0.3 is 6.03 Å². The molecule has 1 fully saturated rings. The van der Waals surface area contributed by atoms with Gasteiger partial charge in [0.2, 0.25) is 5.91 Å². The Morgan fingerprint density at radius 2 is 1.77 bits per heavy atom. The summed E-state index contributed by atoms with van der Waals surface area (Å²) in [5.74, 6) is 0.0959. The number of aryl methyl sites for hydroxylation is 1. The molecule has 1 saturated heterocycles. The third-order valence-electron chi connectivity index (χ3n) is 6.95. The Balaban J connectivity index is 1.32. The molecule has 0 saturated carbocycles. The first-order valence-electron chi connectivity index (χ1n) is 12.1. The van der Waals surface area contributed by atoms with E-state index in [0.29, 0.717) is 31.7 Å². The lowest BCUT2D eigenvalue weighted by Crippen LogP contribution is -2.55. The quantitative estimate of drug-likeness (QED) is 0.598. The predicted octanol–water partition coefficient (Wildman–Crippen LogP) is 3.54. The van der Waals surface area contributed by atoms with E-state index in [1.807, 2.05) is 72.2 Å². The van der Waals surface area contributed by atoms with Crippen LogP contribution in [-0.4, -0.2) is 40.5 Å². The largest absolute Gasteiger partial charge is 0.326 e. The van der Waals surface area contributed by atoms with E-state index in [9.17, 15) is 14.4 Å². The number of aromatic nitrogens is 1. The Kier molecular flexibility index (Phi) is 6.40. The van der Waals surface area contributed by atoms with Crippen molar-refractivity contribution in [2.75, 3.05) is 18.4 Å². The van der Waals surface area contributed by atoms with Gasteiger partial charge in [0.15, 0.2) is 0 Å². The number of nitrogens with zero attached hydrogens (tertiary/aromatic N) is 2. The summed E-state index contributed by atoms with van der Waals surface area (Å²) in [6.07, 6.45) is 1.36. The second-order valence-electron chi connectivity index (χ2n) is 9.65. The zero-order chi connectivity index (χ0) is 24.4. The number of pyridine rings is 1. The Morgan fingerprint density at radius 1 is 0.971 bits per heavy atom. The first-order chi connectivity index (χ1) is 17.0. The van der Waals surface area contributed by atoms with Crippen LogP contribution in [-0.2, 0) is 17.8 Å². The first kappa shape index (κ1) is 22.9. The molecule has 0 radical (unpaired) electrons. The van der Waals surface area contributed by atoms with Crippen LogP contribution in [0.2, 0.25) is 0 Å². The Bertz CT molecular complexity index is 1290. The van der Waals surface area contributed by atoms with Gasteiger partial charge in [-0.15, -0.1) is 0 Å². The van der Waals surface area contributed by atoms with Crippen LogP contribution in [0.3, 0.4) is 0 Å². The zero-order valence-corrected chi connectivity index (χ0v) is 19.8. The Hall–Kier alpha value is -3.87. The molecule has 3 heterocycles. The molecule has 35 heavy (non-hydrogen) atoms. The van der Waals surface area contributed by atoms with Crippen molar-refractivity contribution in [2.45, 2.75) is 38.3 Å². The smallest absolute Gasteiger partial charge is 0.318 e. The maximum atomic E-state index is 13.4. The highest BCUT2D eigenvalue weighted by Crippen LogP contribution is 2.34. The first-order valence-corrected chi connectivity index (χ1v) is 12.1. The lowest BCUT2D eigenvalue weighted by Gasteiger charge is -2.43. The van der Waals surface area contributed by atoms with Gasteiger partial charge in [-0.25, -0.2) is 4.79 Å². The molecule has 2 aliphatic rings. The second kappa shape index (κ2) is 9.78. The number of piperidine rings is 1. The molecular formula is C28H30N4O3. The summed E-state index contributed by atoms with van der Waals surface area (Å²) in [7, 11) is 0. The minimum atomic E-state index is -0.720. The van der Waals surface area contributed by atoms with Gasteiger partial charge < -0.3 is 20.1 Å². The summed E-state index contributed by atoms with van der Waals surface area (Å²) in [4.78, 5) is 40.8. The lowest BCUT2D eigenvalue weighted by atomic mass is 9.83. The molecule has 7 heteroatoms. The molecule has 3 amide bonds. The van der Waals surface area contributed by atoms with E-state index in [0.717, 1.165) is 23.2 Å². The van der Waals surface area contributed by atoms with Gasteiger partial charge in [-0.05, 0) is 48.6 Å². The molecule has 2 aliphatic heterocycles. The number of amides is 3. The van der Waals surface area contributed by atoms with E-state index in [-0.39, 0.29) is 29.3 Å². The van der Waals surface area contributed by atoms with Crippen LogP contribution < -0.4 is 16.2 Å². The number of rotatable bonds is 5. The van der Waals surface area contributed by atoms with Gasteiger partial charge in [-0.2, -0.15) is 0 Å². The summed E-state index contributed by atoms with van der Waals surface area (Å²) in [6.45, 7) is 3.69. The predicted molar refractivity (Wildman–Crippen MR) is 135 cm³/mol. The van der Waals surface area contributed by atoms with Crippen LogP contribution in [0.25, 0.3) is 0 Å². The SMILES string of the molecule is Cc1cccc(NC(=O)[C@H](Cc2ccccc2)NC(=O)N2C[C@@H]3C[C@H](C2)c2cccc(=O)n2C3)c1. The fourth-order valence-electron chi connectivity index (χ4n) is 5.31. The van der Waals surface area contributed by atoms with Crippen LogP contribution in [0.15, 0.2) is 77.6 Å². The lowest BCUT2D eigenvalue weighted by molar-refractivity contribution is -0.118. The Labute approximate surface area is 204 Å². The van der Waals surface area contributed by atoms with Crippen molar-refractivity contribution in [3.63, 3.8) is 0 Å². The molecule has 7 nitrogen and oxygen atoms in total. The van der Waals surface area contributed by atoms with Crippen LogP contribution in [0.4, 0.5) is 10.5 Å². The van der Waals surface area contributed by atoms with Crippen LogP contribution in [0, 0.1) is 12.8 Å². The van der Waals surface area contributed by atoms with Gasteiger partial charge in [0.25, 0.3) is 5.56 Å². The molecule has 2 N–H and O–H groups in total. The third kappa shape index (κ3) is 5.14. The number of carbonyl (C=O) groups excluding carboxylic acids is 2. The highest BCUT2D eigenvalue weighted by atomic mass is 16.2. The summed E-state index contributed by atoms with van der Waals surface area (Å²) in [5, 5.41) is 5.96. The van der Waals surface area contributed by atoms with Crippen molar-refractivity contribution in [1.82, 2.24) is 14.8 Å². The van der Waals surface area contributed by atoms with Crippen molar-refractivity contribution >= 4 is 17.6 Å². The van der Waals surface area contributed by atoms with Crippen molar-refractivity contribution in [1.29, 1.82) is 0 Å². The topological polar surface area (TPSA) is 83.4 Å². The normalized spacial score (nSPS) is 19.4. The standard InChI is InChI=1S/C28H30N4O3/c1-19-7-5-10-23(13-19)29-27(34)24(15-20-8-3-2-4-9-20)30-28(35)31-16-21-14-22(18-31)25-11-6-12-26(33)32(25)17-21/h2-13,21-22,24H,14-18H2,1H3,(H,29,34)(H,30,35)/t21-,22+,24-/m0/s1. The van der Waals surface area contributed by atoms with Crippen molar-refractivity contribution in [2.24, 2.45) is 5.92 Å². The second-order valence-corrected chi connectivity index (χ2v) is 9.65. The van der Waals surface area contributed by atoms with Crippen LogP contribution >= 0.6 is 0 Å². The van der Waals surface area contributed by atoms with Crippen LogP contribution in [0.1, 0.15) is 29.2 Å². The van der Waals surface area contributed by atoms with Gasteiger partial charge in [-0.1, -0.05) is 48.5 Å². The van der Waals surface area contributed by atoms with Gasteiger partial charge in [0, 0.05) is 49.4 Å². The molecule has 0 spiro atoms. The van der Waals surface area contributed by atoms with Gasteiger partial charge in [0.05, 0.1) is 0 Å². The molecule has 5 rings (SSSR count). The van der Waals surface area contributed by atoms with E-state index in [1.54, 1.807) is 17.0 Å². The van der Waals surface area contributed by atoms with E-state index >= 15 is 0 Å². The maximum absolute atomic E-state index is 13.4. The van der Waals surface area contributed by atoms with Gasteiger partial charge in [0.1, 0.15) is 6.04 Å². The minimum Gasteiger partial charge on any atom is -0.326 e. The summed E-state index contributed by atoms with van der Waals surface area (Å²) < 4.78 is 1.85. The summed E-state index contributed by atoms with van der Waals surface area (Å²) >= 11 is 0. The minimum absolute atomic E-state index is 0.0193. The number of hydrogen-bond donors (Lipinski definition) is 2. The number of anilines is 1. The highest BCUT2D eigenvalue weighted by Gasteiger charge is 2.37. The molecule has 0 aliphatic carbocycles. The average molecular weight is 471 g/mol. The van der Waals surface area contributed by atoms with Gasteiger partial charge in [-0.3, -0.25) is 9.59 Å². The fourth-order valence-corrected chi connectivity index (χ4v) is 5.31. The van der Waals surface area contributed by atoms with E-state index in [4.69, 9.17) is 0 Å². The molecule has 0 unspecified atom stereocenters. The molecule has 2 aromatic carbocycles. The molecule has 3 atom stereocenters. The monoisotopic (exact) mass is 470 g/mol. The maximum Gasteiger partial charge on any atom is 0.318 e. The molecule has 2 bridgehead atoms. The number of nitrogens with one attached hydrogen (secondary N) is 2. The number of hydrogen-bond acceptors (Lipinski definition) is 3. The van der Waals surface area contributed by atoms with E-state index in [1.165, 1.54) is 0 Å². The van der Waals surface area contributed by atoms with Crippen LogP contribution in [0.5, 0.6) is 0 Å². The zero-order valence-electron chi connectivity index (χ0n) is 19.8. The summed E-state index contributed by atoms with van der Waals surface area (Å²) in [5.41, 5.74) is 3.73. The van der Waals surface area contributed by atoms with Crippen molar-refractivity contribution in [3.8, 4) is 0 Å². The number of benzene rings is 2. The average Bonchev–Trinajstić information content (AvgIpc) is 2.85. The number of likely N-dealkylation sites (tertiary alicyclic amines) is 1. The Morgan fingerprint density at radius 3 is 2.57 bits per heavy atom. The molecule has 180 valence electrons. The number of urea groups is 1.